The van der Waals surface area contributed by atoms with Crippen LogP contribution in [0.25, 0.3) is 0 Å². The van der Waals surface area contributed by atoms with Crippen LogP contribution >= 0.6 is 15.9 Å². The summed E-state index contributed by atoms with van der Waals surface area (Å²) in [7, 11) is 0. The minimum absolute atomic E-state index is 0.105. The molecule has 1 heterocycles. The number of allylic oxidation sites excluding steroid dienone is 4. The van der Waals surface area contributed by atoms with Crippen molar-refractivity contribution in [2.45, 2.75) is 72.6 Å². The molecule has 7 heteroatoms. The number of carboxylic acid groups (broad SMARTS) is 1. The molecule has 35 heavy (non-hydrogen) atoms. The summed E-state index contributed by atoms with van der Waals surface area (Å²) >= 11 is 3.51. The van der Waals surface area contributed by atoms with E-state index in [4.69, 9.17) is 9.84 Å². The molecule has 0 radical (unpaired) electrons. The van der Waals surface area contributed by atoms with Gasteiger partial charge in [-0.1, -0.05) is 40.7 Å². The lowest BCUT2D eigenvalue weighted by atomic mass is 9.63. The van der Waals surface area contributed by atoms with Crippen LogP contribution in [0, 0.1) is 10.8 Å². The summed E-state index contributed by atoms with van der Waals surface area (Å²) in [5, 5.41) is 8.96. The Hall–Kier alpha value is -2.41. The van der Waals surface area contributed by atoms with Crippen molar-refractivity contribution >= 4 is 33.5 Å². The number of ether oxygens (including phenoxy) is 1. The van der Waals surface area contributed by atoms with E-state index in [-0.39, 0.29) is 22.4 Å². The van der Waals surface area contributed by atoms with Gasteiger partial charge in [0.25, 0.3) is 0 Å². The number of halogens is 1. The second-order valence-corrected chi connectivity index (χ2v) is 12.4. The number of rotatable bonds is 6. The number of benzene rings is 1. The summed E-state index contributed by atoms with van der Waals surface area (Å²) in [4.78, 5) is 40.6. The third-order valence-electron chi connectivity index (χ3n) is 7.11. The molecule has 188 valence electrons. The fourth-order valence-corrected chi connectivity index (χ4v) is 6.34. The van der Waals surface area contributed by atoms with Gasteiger partial charge in [-0.2, -0.15) is 0 Å². The number of hydrogen-bond acceptors (Lipinski definition) is 5. The smallest absolute Gasteiger partial charge is 0.341 e. The Kier molecular flexibility index (Phi) is 6.77. The molecule has 0 atom stereocenters. The van der Waals surface area contributed by atoms with Gasteiger partial charge in [0.05, 0.1) is 4.47 Å². The highest BCUT2D eigenvalue weighted by molar-refractivity contribution is 9.10. The van der Waals surface area contributed by atoms with Crippen LogP contribution in [-0.4, -0.2) is 40.7 Å². The zero-order valence-corrected chi connectivity index (χ0v) is 22.8. The molecule has 4 rings (SSSR count). The first-order valence-electron chi connectivity index (χ1n) is 12.3. The number of aliphatic carboxylic acids is 1. The van der Waals surface area contributed by atoms with E-state index in [1.165, 1.54) is 0 Å². The van der Waals surface area contributed by atoms with E-state index in [1.807, 2.05) is 12.1 Å². The van der Waals surface area contributed by atoms with Crippen LogP contribution in [0.5, 0.6) is 5.75 Å². The van der Waals surface area contributed by atoms with Crippen molar-refractivity contribution in [3.05, 3.63) is 50.8 Å². The van der Waals surface area contributed by atoms with Gasteiger partial charge in [0, 0.05) is 47.8 Å². The third kappa shape index (κ3) is 4.97. The van der Waals surface area contributed by atoms with Crippen LogP contribution in [0.3, 0.4) is 0 Å². The van der Waals surface area contributed by atoms with E-state index >= 15 is 0 Å². The van der Waals surface area contributed by atoms with Gasteiger partial charge >= 0.3 is 5.97 Å². The molecule has 1 aliphatic heterocycles. The molecule has 1 N–H and O–H groups in total. The number of nitrogens with zero attached hydrogens (tertiary/aromatic N) is 1. The second kappa shape index (κ2) is 9.23. The van der Waals surface area contributed by atoms with Crippen molar-refractivity contribution in [1.82, 2.24) is 4.90 Å². The molecule has 0 unspecified atom stereocenters. The van der Waals surface area contributed by atoms with E-state index in [0.29, 0.717) is 23.1 Å². The van der Waals surface area contributed by atoms with Crippen molar-refractivity contribution in [1.29, 1.82) is 0 Å². The minimum atomic E-state index is -1.06. The van der Waals surface area contributed by atoms with Crippen molar-refractivity contribution in [3.63, 3.8) is 0 Å². The summed E-state index contributed by atoms with van der Waals surface area (Å²) in [6.45, 7) is 11.0. The summed E-state index contributed by atoms with van der Waals surface area (Å²) in [5.74, 6) is -0.859. The van der Waals surface area contributed by atoms with Gasteiger partial charge in [-0.3, -0.25) is 9.59 Å². The molecule has 2 aliphatic carbocycles. The highest BCUT2D eigenvalue weighted by atomic mass is 79.9. The Bertz CT molecular complexity index is 1110. The van der Waals surface area contributed by atoms with Crippen molar-refractivity contribution in [2.24, 2.45) is 10.8 Å². The van der Waals surface area contributed by atoms with Crippen LogP contribution in [-0.2, 0) is 14.4 Å². The van der Waals surface area contributed by atoms with Gasteiger partial charge in [-0.15, -0.1) is 0 Å². The molecule has 0 fully saturated rings. The second-order valence-electron chi connectivity index (χ2n) is 11.6. The molecule has 0 amide bonds. The van der Waals surface area contributed by atoms with Crippen LogP contribution in [0.15, 0.2) is 45.2 Å². The first-order chi connectivity index (χ1) is 16.3. The maximum absolute atomic E-state index is 13.7. The van der Waals surface area contributed by atoms with Crippen molar-refractivity contribution in [3.8, 4) is 5.75 Å². The zero-order chi connectivity index (χ0) is 25.7. The number of carboxylic acids is 1. The Balaban J connectivity index is 1.91. The van der Waals surface area contributed by atoms with Crippen LogP contribution < -0.4 is 4.74 Å². The molecule has 0 saturated carbocycles. The summed E-state index contributed by atoms with van der Waals surface area (Å²) in [6.07, 6.45) is 3.40. The lowest BCUT2D eigenvalue weighted by Crippen LogP contribution is -2.44. The number of carbonyl (C=O) groups excluding carboxylic acids is 2. The first kappa shape index (κ1) is 25.7. The largest absolute Gasteiger partial charge is 0.481 e. The molecule has 0 bridgehead atoms. The third-order valence-corrected chi connectivity index (χ3v) is 7.73. The molecule has 1 aromatic carbocycles. The van der Waals surface area contributed by atoms with E-state index in [1.54, 1.807) is 6.07 Å². The molecule has 0 saturated heterocycles. The highest BCUT2D eigenvalue weighted by Gasteiger charge is 2.48. The maximum Gasteiger partial charge on any atom is 0.341 e. The Morgan fingerprint density at radius 3 is 2.03 bits per heavy atom. The SMILES string of the molecule is CCCN1C2=C(C(=O)CC(C)(C)C2)C(c2ccc(OCC(=O)O)c(Br)c2)C2=C1CC(C)(C)CC2=O. The van der Waals surface area contributed by atoms with Crippen LogP contribution in [0.1, 0.15) is 78.2 Å². The van der Waals surface area contributed by atoms with E-state index in [0.717, 1.165) is 53.9 Å². The summed E-state index contributed by atoms with van der Waals surface area (Å²) < 4.78 is 5.99. The number of carbonyl (C=O) groups is 3. The normalized spacial score (nSPS) is 21.7. The summed E-state index contributed by atoms with van der Waals surface area (Å²) in [6, 6.07) is 5.44. The van der Waals surface area contributed by atoms with Gasteiger partial charge in [0.1, 0.15) is 5.75 Å². The van der Waals surface area contributed by atoms with Gasteiger partial charge in [-0.25, -0.2) is 4.79 Å². The quantitative estimate of drug-likeness (QED) is 0.473. The highest BCUT2D eigenvalue weighted by Crippen LogP contribution is 2.54. The average Bonchev–Trinajstić information content (AvgIpc) is 2.72. The lowest BCUT2D eigenvalue weighted by molar-refractivity contribution is -0.139. The standard InChI is InChI=1S/C28H34BrNO5/c1-6-9-30-18-11-27(2,3)13-20(31)25(18)24(26-19(30)12-28(4,5)14-21(26)32)16-7-8-22(17(29)10-16)35-15-23(33)34/h7-8,10,24H,6,9,11-15H2,1-5H3,(H,33,34). The first-order valence-corrected chi connectivity index (χ1v) is 13.1. The lowest BCUT2D eigenvalue weighted by Gasteiger charge is -2.49. The van der Waals surface area contributed by atoms with Gasteiger partial charge < -0.3 is 14.7 Å². The Morgan fingerprint density at radius 2 is 1.57 bits per heavy atom. The molecular weight excluding hydrogens is 510 g/mol. The molecule has 3 aliphatic rings. The van der Waals surface area contributed by atoms with Gasteiger partial charge in [0.2, 0.25) is 0 Å². The fourth-order valence-electron chi connectivity index (χ4n) is 5.83. The summed E-state index contributed by atoms with van der Waals surface area (Å²) in [5.41, 5.74) is 4.17. The zero-order valence-electron chi connectivity index (χ0n) is 21.2. The van der Waals surface area contributed by atoms with Crippen LogP contribution in [0.4, 0.5) is 0 Å². The number of hydrogen-bond donors (Lipinski definition) is 1. The minimum Gasteiger partial charge on any atom is -0.481 e. The van der Waals surface area contributed by atoms with Gasteiger partial charge in [-0.05, 0) is 63.7 Å². The fraction of sp³-hybridized carbons (Fsp3) is 0.536. The Labute approximate surface area is 215 Å². The molecule has 0 aromatic heterocycles. The Morgan fingerprint density at radius 1 is 1.03 bits per heavy atom. The molecule has 1 aromatic rings. The predicted octanol–water partition coefficient (Wildman–Crippen LogP) is 6.01. The topological polar surface area (TPSA) is 83.9 Å². The number of ketones is 2. The van der Waals surface area contributed by atoms with E-state index in [9.17, 15) is 14.4 Å². The van der Waals surface area contributed by atoms with Crippen molar-refractivity contribution < 1.29 is 24.2 Å². The molecule has 0 spiro atoms. The maximum atomic E-state index is 13.7. The van der Waals surface area contributed by atoms with Crippen molar-refractivity contribution in [2.75, 3.05) is 13.2 Å². The molecular formula is C28H34BrNO5. The van der Waals surface area contributed by atoms with E-state index < -0.39 is 18.5 Å². The average molecular weight is 544 g/mol. The predicted molar refractivity (Wildman–Crippen MR) is 137 cm³/mol. The van der Waals surface area contributed by atoms with E-state index in [2.05, 4.69) is 55.4 Å². The molecule has 6 nitrogen and oxygen atoms in total. The monoisotopic (exact) mass is 543 g/mol. The number of Topliss-reactive ketones (excluding diaryl/α,β-unsaturated/α-hetero) is 2. The van der Waals surface area contributed by atoms with Crippen LogP contribution in [0.2, 0.25) is 0 Å². The van der Waals surface area contributed by atoms with Gasteiger partial charge in [0.15, 0.2) is 18.2 Å².